The fourth-order valence-electron chi connectivity index (χ4n) is 0.717. The lowest BCUT2D eigenvalue weighted by Crippen LogP contribution is -2.27. The summed E-state index contributed by atoms with van der Waals surface area (Å²) in [4.78, 5) is 15.3. The zero-order chi connectivity index (χ0) is 10.8. The lowest BCUT2D eigenvalue weighted by Gasteiger charge is -2.18. The van der Waals surface area contributed by atoms with E-state index in [0.717, 1.165) is 3.92 Å². The minimum atomic E-state index is -0.490. The molecule has 0 saturated carbocycles. The molecule has 0 atom stereocenters. The van der Waals surface area contributed by atoms with Crippen molar-refractivity contribution in [3.8, 4) is 0 Å². The maximum absolute atomic E-state index is 11.3. The van der Waals surface area contributed by atoms with Crippen molar-refractivity contribution in [1.29, 1.82) is 0 Å². The number of nitrogens with zero attached hydrogens (tertiary/aromatic N) is 1. The van der Waals surface area contributed by atoms with Gasteiger partial charge >= 0.3 is 6.09 Å². The average molecular weight is 279 g/mol. The van der Waals surface area contributed by atoms with Gasteiger partial charge in [-0.25, -0.2) is 9.78 Å². The molecular formula is C8H11BrN2O2S. The number of carbonyl (C=O) groups excluding carboxylic acids is 1. The van der Waals surface area contributed by atoms with Crippen molar-refractivity contribution in [3.63, 3.8) is 0 Å². The molecule has 6 heteroatoms. The zero-order valence-corrected chi connectivity index (χ0v) is 10.5. The quantitative estimate of drug-likeness (QED) is 0.858. The van der Waals surface area contributed by atoms with Crippen LogP contribution in [0.5, 0.6) is 0 Å². The summed E-state index contributed by atoms with van der Waals surface area (Å²) in [5.41, 5.74) is -0.489. The average Bonchev–Trinajstić information content (AvgIpc) is 2.30. The van der Waals surface area contributed by atoms with Gasteiger partial charge in [0.25, 0.3) is 0 Å². The molecule has 0 aliphatic heterocycles. The number of ether oxygens (including phenoxy) is 1. The Labute approximate surface area is 94.8 Å². The van der Waals surface area contributed by atoms with Gasteiger partial charge in [0.2, 0.25) is 0 Å². The number of rotatable bonds is 1. The van der Waals surface area contributed by atoms with E-state index in [2.05, 4.69) is 26.2 Å². The first-order valence-electron chi connectivity index (χ1n) is 3.98. The highest BCUT2D eigenvalue weighted by Crippen LogP contribution is 2.19. The number of aromatic nitrogens is 1. The Bertz CT molecular complexity index is 332. The van der Waals surface area contributed by atoms with Crippen LogP contribution < -0.4 is 5.32 Å². The number of hydrogen-bond acceptors (Lipinski definition) is 4. The van der Waals surface area contributed by atoms with Crippen LogP contribution in [-0.4, -0.2) is 16.7 Å². The first kappa shape index (κ1) is 11.5. The molecule has 1 aromatic heterocycles. The van der Waals surface area contributed by atoms with Crippen LogP contribution in [0.1, 0.15) is 20.8 Å². The van der Waals surface area contributed by atoms with E-state index >= 15 is 0 Å². The summed E-state index contributed by atoms with van der Waals surface area (Å²) in [6.45, 7) is 5.43. The number of hydrogen-bond donors (Lipinski definition) is 1. The molecule has 0 saturated heterocycles. The van der Waals surface area contributed by atoms with Gasteiger partial charge in [0.15, 0.2) is 3.92 Å². The molecule has 14 heavy (non-hydrogen) atoms. The summed E-state index contributed by atoms with van der Waals surface area (Å²) in [6.07, 6.45) is -0.490. The van der Waals surface area contributed by atoms with Crippen LogP contribution in [0, 0.1) is 0 Å². The minimum Gasteiger partial charge on any atom is -0.444 e. The highest BCUT2D eigenvalue weighted by atomic mass is 79.9. The Morgan fingerprint density at radius 3 is 2.71 bits per heavy atom. The maximum Gasteiger partial charge on any atom is 0.413 e. The summed E-state index contributed by atoms with van der Waals surface area (Å²) in [5.74, 6) is 0.496. The van der Waals surface area contributed by atoms with Crippen molar-refractivity contribution in [2.75, 3.05) is 5.32 Å². The van der Waals surface area contributed by atoms with Gasteiger partial charge in [-0.05, 0) is 36.7 Å². The summed E-state index contributed by atoms with van der Waals surface area (Å²) in [5, 5.41) is 4.26. The SMILES string of the molecule is CC(C)(C)OC(=O)Nc1csc(Br)n1. The van der Waals surface area contributed by atoms with Gasteiger partial charge < -0.3 is 4.74 Å². The molecule has 4 nitrogen and oxygen atoms in total. The van der Waals surface area contributed by atoms with E-state index in [1.54, 1.807) is 5.38 Å². The Hall–Kier alpha value is -0.620. The number of anilines is 1. The van der Waals surface area contributed by atoms with Gasteiger partial charge in [0.1, 0.15) is 11.4 Å². The first-order valence-corrected chi connectivity index (χ1v) is 5.65. The Balaban J connectivity index is 2.50. The maximum atomic E-state index is 11.3. The molecule has 1 rings (SSSR count). The molecule has 0 bridgehead atoms. The summed E-state index contributed by atoms with van der Waals surface area (Å²) in [6, 6.07) is 0. The number of amides is 1. The third-order valence-electron chi connectivity index (χ3n) is 1.11. The molecule has 0 aliphatic carbocycles. The molecule has 1 aromatic rings. The standard InChI is InChI=1S/C8H11BrN2O2S/c1-8(2,3)13-7(12)11-5-4-14-6(9)10-5/h4H,1-3H3,(H,11,12). The molecule has 0 aromatic carbocycles. The van der Waals surface area contributed by atoms with Crippen LogP contribution in [-0.2, 0) is 4.74 Å². The van der Waals surface area contributed by atoms with Gasteiger partial charge in [-0.15, -0.1) is 11.3 Å². The fraction of sp³-hybridized carbons (Fsp3) is 0.500. The second-order valence-electron chi connectivity index (χ2n) is 3.61. The van der Waals surface area contributed by atoms with Crippen LogP contribution in [0.2, 0.25) is 0 Å². The van der Waals surface area contributed by atoms with Gasteiger partial charge in [-0.3, -0.25) is 5.32 Å². The highest BCUT2D eigenvalue weighted by molar-refractivity contribution is 9.11. The number of carbonyl (C=O) groups is 1. The van der Waals surface area contributed by atoms with E-state index in [4.69, 9.17) is 4.74 Å². The predicted octanol–water partition coefficient (Wildman–Crippen LogP) is 3.25. The van der Waals surface area contributed by atoms with Crippen LogP contribution in [0.3, 0.4) is 0 Å². The van der Waals surface area contributed by atoms with E-state index in [9.17, 15) is 4.79 Å². The van der Waals surface area contributed by atoms with Crippen molar-refractivity contribution in [2.24, 2.45) is 0 Å². The Kier molecular flexibility index (Phi) is 3.49. The molecule has 0 radical (unpaired) electrons. The minimum absolute atomic E-state index is 0.489. The zero-order valence-electron chi connectivity index (χ0n) is 8.13. The second kappa shape index (κ2) is 4.27. The Morgan fingerprint density at radius 1 is 1.64 bits per heavy atom. The van der Waals surface area contributed by atoms with E-state index in [1.165, 1.54) is 11.3 Å². The van der Waals surface area contributed by atoms with Gasteiger partial charge in [-0.2, -0.15) is 0 Å². The lowest BCUT2D eigenvalue weighted by molar-refractivity contribution is 0.0635. The second-order valence-corrected chi connectivity index (χ2v) is 5.75. The monoisotopic (exact) mass is 278 g/mol. The van der Waals surface area contributed by atoms with Crippen LogP contribution >= 0.6 is 27.3 Å². The molecular weight excluding hydrogens is 268 g/mol. The highest BCUT2D eigenvalue weighted by Gasteiger charge is 2.16. The fourth-order valence-corrected chi connectivity index (χ4v) is 1.66. The van der Waals surface area contributed by atoms with Gasteiger partial charge in [0, 0.05) is 5.38 Å². The van der Waals surface area contributed by atoms with E-state index in [-0.39, 0.29) is 0 Å². The van der Waals surface area contributed by atoms with Crippen molar-refractivity contribution >= 4 is 39.2 Å². The molecule has 1 N–H and O–H groups in total. The third kappa shape index (κ3) is 4.06. The largest absolute Gasteiger partial charge is 0.444 e. The van der Waals surface area contributed by atoms with Crippen molar-refractivity contribution in [1.82, 2.24) is 4.98 Å². The molecule has 78 valence electrons. The summed E-state index contributed by atoms with van der Waals surface area (Å²) < 4.78 is 5.78. The number of nitrogens with one attached hydrogen (secondary N) is 1. The normalized spacial score (nSPS) is 11.1. The van der Waals surface area contributed by atoms with Crippen molar-refractivity contribution < 1.29 is 9.53 Å². The lowest BCUT2D eigenvalue weighted by atomic mass is 10.2. The van der Waals surface area contributed by atoms with Crippen molar-refractivity contribution in [2.45, 2.75) is 26.4 Å². The topological polar surface area (TPSA) is 51.2 Å². The first-order chi connectivity index (χ1) is 6.37. The van der Waals surface area contributed by atoms with E-state index in [0.29, 0.717) is 5.82 Å². The van der Waals surface area contributed by atoms with Crippen LogP contribution in [0.15, 0.2) is 9.30 Å². The summed E-state index contributed by atoms with van der Waals surface area (Å²) in [7, 11) is 0. The van der Waals surface area contributed by atoms with E-state index in [1.807, 2.05) is 20.8 Å². The van der Waals surface area contributed by atoms with Crippen LogP contribution in [0.25, 0.3) is 0 Å². The molecule has 0 unspecified atom stereocenters. The van der Waals surface area contributed by atoms with E-state index < -0.39 is 11.7 Å². The smallest absolute Gasteiger partial charge is 0.413 e. The number of thiazole rings is 1. The van der Waals surface area contributed by atoms with Gasteiger partial charge in [0.05, 0.1) is 0 Å². The Morgan fingerprint density at radius 2 is 2.29 bits per heavy atom. The summed E-state index contributed by atoms with van der Waals surface area (Å²) >= 11 is 4.60. The van der Waals surface area contributed by atoms with Crippen LogP contribution in [0.4, 0.5) is 10.6 Å². The third-order valence-corrected chi connectivity index (χ3v) is 2.47. The molecule has 0 spiro atoms. The molecule has 0 aliphatic rings. The predicted molar refractivity (Wildman–Crippen MR) is 59.7 cm³/mol. The van der Waals surface area contributed by atoms with Crippen molar-refractivity contribution in [3.05, 3.63) is 9.30 Å². The molecule has 0 fully saturated rings. The number of halogens is 1. The molecule has 1 heterocycles. The van der Waals surface area contributed by atoms with Gasteiger partial charge in [-0.1, -0.05) is 0 Å². The molecule has 1 amide bonds.